The molecular formula is C21H20O11. The lowest BCUT2D eigenvalue weighted by atomic mass is 10.00. The Bertz CT molecular complexity index is 1230. The predicted molar refractivity (Wildman–Crippen MR) is 108 cm³/mol. The van der Waals surface area contributed by atoms with Crippen molar-refractivity contribution in [3.05, 3.63) is 40.6 Å². The summed E-state index contributed by atoms with van der Waals surface area (Å²) in [5.74, 6) is -2.74. The molecule has 0 amide bonds. The first-order valence-corrected chi connectivity index (χ1v) is 9.50. The molecule has 32 heavy (non-hydrogen) atoms. The molecule has 0 saturated carbocycles. The number of phenolic OH excluding ortho intramolecular Hbond substituents is 4. The first-order valence-electron chi connectivity index (χ1n) is 9.50. The van der Waals surface area contributed by atoms with E-state index in [1.54, 1.807) is 0 Å². The van der Waals surface area contributed by atoms with Gasteiger partial charge in [0, 0.05) is 18.2 Å². The number of benzene rings is 2. The summed E-state index contributed by atoms with van der Waals surface area (Å²) in [6.45, 7) is 1.42. The molecule has 1 aliphatic heterocycles. The van der Waals surface area contributed by atoms with Crippen molar-refractivity contribution in [2.24, 2.45) is 0 Å². The van der Waals surface area contributed by atoms with E-state index in [1.807, 2.05) is 0 Å². The fourth-order valence-electron chi connectivity index (χ4n) is 3.49. The topological polar surface area (TPSA) is 190 Å². The highest BCUT2D eigenvalue weighted by Gasteiger charge is 2.44. The van der Waals surface area contributed by atoms with Crippen LogP contribution in [0.2, 0.25) is 0 Å². The van der Waals surface area contributed by atoms with Gasteiger partial charge in [-0.15, -0.1) is 0 Å². The maximum Gasteiger partial charge on any atom is 0.239 e. The number of phenols is 4. The van der Waals surface area contributed by atoms with Crippen LogP contribution in [0.4, 0.5) is 0 Å². The summed E-state index contributed by atoms with van der Waals surface area (Å²) in [5, 5.41) is 69.6. The molecule has 11 heteroatoms. The van der Waals surface area contributed by atoms with Crippen molar-refractivity contribution in [3.8, 4) is 40.1 Å². The Labute approximate surface area is 179 Å². The van der Waals surface area contributed by atoms with Gasteiger partial charge in [-0.05, 0) is 19.1 Å². The maximum atomic E-state index is 13.2. The number of aliphatic hydroxyl groups is 3. The van der Waals surface area contributed by atoms with Gasteiger partial charge in [0.25, 0.3) is 0 Å². The summed E-state index contributed by atoms with van der Waals surface area (Å²) in [7, 11) is 0. The van der Waals surface area contributed by atoms with E-state index in [0.29, 0.717) is 0 Å². The molecule has 2 aromatic carbocycles. The second kappa shape index (κ2) is 7.88. The van der Waals surface area contributed by atoms with Gasteiger partial charge in [0.1, 0.15) is 52.3 Å². The van der Waals surface area contributed by atoms with Gasteiger partial charge in [0.15, 0.2) is 5.76 Å². The van der Waals surface area contributed by atoms with Crippen molar-refractivity contribution < 1.29 is 49.6 Å². The number of aromatic hydroxyl groups is 4. The normalized spacial score (nSPS) is 25.7. The predicted octanol–water partition coefficient (Wildman–Crippen LogP) is 0.489. The molecule has 170 valence electrons. The van der Waals surface area contributed by atoms with E-state index in [1.165, 1.54) is 19.1 Å². The van der Waals surface area contributed by atoms with E-state index in [2.05, 4.69) is 0 Å². The van der Waals surface area contributed by atoms with E-state index in [-0.39, 0.29) is 28.0 Å². The van der Waals surface area contributed by atoms with Crippen LogP contribution in [0.3, 0.4) is 0 Å². The zero-order valence-corrected chi connectivity index (χ0v) is 16.5. The lowest BCUT2D eigenvalue weighted by molar-refractivity contribution is -0.268. The Balaban J connectivity index is 1.93. The minimum Gasteiger partial charge on any atom is -0.508 e. The molecule has 1 aromatic heterocycles. The van der Waals surface area contributed by atoms with Gasteiger partial charge in [0.05, 0.1) is 11.7 Å². The van der Waals surface area contributed by atoms with Crippen LogP contribution < -0.4 is 10.2 Å². The van der Waals surface area contributed by atoms with Crippen LogP contribution in [0, 0.1) is 0 Å². The number of rotatable bonds is 3. The third kappa shape index (κ3) is 3.56. The molecule has 1 saturated heterocycles. The lowest BCUT2D eigenvalue weighted by Gasteiger charge is -2.38. The zero-order valence-electron chi connectivity index (χ0n) is 16.5. The molecule has 1 unspecified atom stereocenters. The zero-order chi connectivity index (χ0) is 23.3. The Kier molecular flexibility index (Phi) is 5.34. The Hall–Kier alpha value is -3.51. The van der Waals surface area contributed by atoms with Crippen molar-refractivity contribution in [1.29, 1.82) is 0 Å². The van der Waals surface area contributed by atoms with Gasteiger partial charge in [-0.1, -0.05) is 0 Å². The van der Waals surface area contributed by atoms with Gasteiger partial charge in [-0.3, -0.25) is 4.79 Å². The number of ether oxygens (including phenoxy) is 2. The third-order valence-electron chi connectivity index (χ3n) is 5.19. The molecule has 0 bridgehead atoms. The highest BCUT2D eigenvalue weighted by atomic mass is 16.7. The van der Waals surface area contributed by atoms with Crippen molar-refractivity contribution in [2.75, 3.05) is 0 Å². The van der Waals surface area contributed by atoms with Gasteiger partial charge < -0.3 is 49.6 Å². The van der Waals surface area contributed by atoms with Gasteiger partial charge in [0.2, 0.25) is 17.5 Å². The maximum absolute atomic E-state index is 13.2. The summed E-state index contributed by atoms with van der Waals surface area (Å²) >= 11 is 0. The average molecular weight is 448 g/mol. The summed E-state index contributed by atoms with van der Waals surface area (Å²) in [6, 6.07) is 5.39. The molecule has 0 radical (unpaired) electrons. The van der Waals surface area contributed by atoms with E-state index in [9.17, 15) is 40.5 Å². The number of aliphatic hydroxyl groups excluding tert-OH is 3. The van der Waals surface area contributed by atoms with Crippen LogP contribution >= 0.6 is 0 Å². The molecular weight excluding hydrogens is 428 g/mol. The minimum absolute atomic E-state index is 0.0986. The summed E-state index contributed by atoms with van der Waals surface area (Å²) in [5.41, 5.74) is -1.27. The van der Waals surface area contributed by atoms with Crippen LogP contribution in [-0.4, -0.2) is 66.5 Å². The van der Waals surface area contributed by atoms with E-state index in [4.69, 9.17) is 13.9 Å². The molecule has 2 heterocycles. The fourth-order valence-corrected chi connectivity index (χ4v) is 3.49. The molecule has 0 aliphatic carbocycles. The second-order valence-electron chi connectivity index (χ2n) is 7.43. The Morgan fingerprint density at radius 3 is 2.25 bits per heavy atom. The largest absolute Gasteiger partial charge is 0.508 e. The summed E-state index contributed by atoms with van der Waals surface area (Å²) in [6.07, 6.45) is -7.41. The highest BCUT2D eigenvalue weighted by Crippen LogP contribution is 2.40. The summed E-state index contributed by atoms with van der Waals surface area (Å²) < 4.78 is 16.6. The molecule has 1 aliphatic rings. The molecule has 4 rings (SSSR count). The number of hydrogen-bond acceptors (Lipinski definition) is 11. The molecule has 0 spiro atoms. The molecule has 1 fully saturated rings. The molecule has 7 N–H and O–H groups in total. The molecule has 11 nitrogen and oxygen atoms in total. The van der Waals surface area contributed by atoms with E-state index in [0.717, 1.165) is 18.2 Å². The first-order chi connectivity index (χ1) is 15.1. The van der Waals surface area contributed by atoms with Crippen LogP contribution in [0.25, 0.3) is 22.3 Å². The van der Waals surface area contributed by atoms with Crippen molar-refractivity contribution in [1.82, 2.24) is 0 Å². The van der Waals surface area contributed by atoms with Gasteiger partial charge >= 0.3 is 0 Å². The van der Waals surface area contributed by atoms with Gasteiger partial charge in [-0.2, -0.15) is 0 Å². The Morgan fingerprint density at radius 1 is 0.875 bits per heavy atom. The van der Waals surface area contributed by atoms with E-state index < -0.39 is 59.1 Å². The molecule has 5 atom stereocenters. The highest BCUT2D eigenvalue weighted by molar-refractivity contribution is 5.88. The minimum atomic E-state index is -1.76. The van der Waals surface area contributed by atoms with Crippen LogP contribution in [0.15, 0.2) is 39.5 Å². The van der Waals surface area contributed by atoms with Crippen molar-refractivity contribution in [2.45, 2.75) is 37.6 Å². The van der Waals surface area contributed by atoms with Crippen LogP contribution in [0.5, 0.6) is 28.7 Å². The average Bonchev–Trinajstić information content (AvgIpc) is 2.71. The quantitative estimate of drug-likeness (QED) is 0.295. The van der Waals surface area contributed by atoms with Crippen molar-refractivity contribution in [3.63, 3.8) is 0 Å². The fraction of sp³-hybridized carbons (Fsp3) is 0.286. The van der Waals surface area contributed by atoms with Gasteiger partial charge in [-0.25, -0.2) is 0 Å². The smallest absolute Gasteiger partial charge is 0.239 e. The molecule has 3 aromatic rings. The Morgan fingerprint density at radius 2 is 1.56 bits per heavy atom. The second-order valence-corrected chi connectivity index (χ2v) is 7.43. The first kappa shape index (κ1) is 21.7. The van der Waals surface area contributed by atoms with E-state index >= 15 is 0 Å². The summed E-state index contributed by atoms with van der Waals surface area (Å²) in [4.78, 5) is 13.2. The van der Waals surface area contributed by atoms with Crippen LogP contribution in [0.1, 0.15) is 6.92 Å². The standard InChI is InChI=1S/C21H20O11/c1-7-15(26)17(28)18(29)21(30-7)32-20-16(27)14-12(25)5-9(23)6-13(14)31-19(20)10-3-2-8(22)4-11(10)24/h2-7,15,17-18,21-26,28-29H,1H3/t7-,15-,17+,18+,21?/m1/s1. The third-order valence-corrected chi connectivity index (χ3v) is 5.19. The SMILES string of the molecule is C[C@H]1OC(Oc2c(-c3ccc(O)cc3O)oc3cc(O)cc(O)c3c2=O)[C@@H](O)[C@@H](O)[C@@H]1O. The number of fused-ring (bicyclic) bond motifs is 1. The number of hydrogen-bond donors (Lipinski definition) is 7. The van der Waals surface area contributed by atoms with Crippen molar-refractivity contribution >= 4 is 11.0 Å². The monoisotopic (exact) mass is 448 g/mol. The lowest BCUT2D eigenvalue weighted by Crippen LogP contribution is -2.58. The van der Waals surface area contributed by atoms with Crippen LogP contribution in [-0.2, 0) is 4.74 Å².